The average Bonchev–Trinajstić information content (AvgIpc) is 2.37. The van der Waals surface area contributed by atoms with E-state index in [1.165, 1.54) is 6.33 Å². The Kier molecular flexibility index (Phi) is 6.66. The highest BCUT2D eigenvalue weighted by Gasteiger charge is 2.14. The summed E-state index contributed by atoms with van der Waals surface area (Å²) in [6, 6.07) is 0. The van der Waals surface area contributed by atoms with Gasteiger partial charge in [0.2, 0.25) is 0 Å². The number of rotatable bonds is 6. The highest BCUT2D eigenvalue weighted by molar-refractivity contribution is 5.67. The van der Waals surface area contributed by atoms with Crippen molar-refractivity contribution in [1.82, 2.24) is 20.6 Å². The Morgan fingerprint density at radius 2 is 1.90 bits per heavy atom. The van der Waals surface area contributed by atoms with Crippen molar-refractivity contribution in [2.24, 2.45) is 0 Å². The number of nitrogens with one attached hydrogen (secondary N) is 2. The number of ether oxygens (including phenoxy) is 1. The lowest BCUT2D eigenvalue weighted by molar-refractivity contribution is 0.0534. The molecule has 0 spiro atoms. The van der Waals surface area contributed by atoms with Crippen LogP contribution in [-0.2, 0) is 11.3 Å². The fraction of sp³-hybridized carbons (Fsp3) is 0.500. The van der Waals surface area contributed by atoms with E-state index in [0.29, 0.717) is 19.6 Å². The molecule has 1 aromatic heterocycles. The number of amides is 1. The van der Waals surface area contributed by atoms with Gasteiger partial charge >= 0.3 is 6.09 Å². The van der Waals surface area contributed by atoms with Gasteiger partial charge in [-0.3, -0.25) is 0 Å². The minimum Gasteiger partial charge on any atom is -0.444 e. The predicted molar refractivity (Wildman–Crippen MR) is 77.1 cm³/mol. The van der Waals surface area contributed by atoms with Crippen LogP contribution in [0.4, 0.5) is 4.79 Å². The van der Waals surface area contributed by atoms with Crippen molar-refractivity contribution < 1.29 is 9.53 Å². The van der Waals surface area contributed by atoms with Crippen LogP contribution in [0.5, 0.6) is 0 Å². The molecule has 0 aliphatic rings. The third-order valence-electron chi connectivity index (χ3n) is 2.14. The van der Waals surface area contributed by atoms with Gasteiger partial charge in [0.05, 0.1) is 0 Å². The summed E-state index contributed by atoms with van der Waals surface area (Å²) in [5, 5.41) is 5.87. The molecule has 0 aliphatic heterocycles. The van der Waals surface area contributed by atoms with Crippen LogP contribution in [-0.4, -0.2) is 34.8 Å². The molecule has 6 heteroatoms. The molecule has 0 radical (unpaired) electrons. The van der Waals surface area contributed by atoms with Gasteiger partial charge in [-0.25, -0.2) is 14.8 Å². The van der Waals surface area contributed by atoms with E-state index in [1.807, 2.05) is 32.9 Å². The molecular weight excluding hydrogens is 256 g/mol. The van der Waals surface area contributed by atoms with Gasteiger partial charge in [0.1, 0.15) is 11.9 Å². The lowest BCUT2D eigenvalue weighted by Crippen LogP contribution is -2.32. The van der Waals surface area contributed by atoms with E-state index in [0.717, 1.165) is 5.56 Å². The van der Waals surface area contributed by atoms with Gasteiger partial charge in [-0.1, -0.05) is 12.2 Å². The van der Waals surface area contributed by atoms with Crippen molar-refractivity contribution in [1.29, 1.82) is 0 Å². The molecule has 110 valence electrons. The first-order valence-corrected chi connectivity index (χ1v) is 6.54. The Balaban J connectivity index is 2.07. The average molecular weight is 278 g/mol. The molecule has 1 amide bonds. The van der Waals surface area contributed by atoms with Crippen LogP contribution in [0.15, 0.2) is 30.9 Å². The fourth-order valence-corrected chi connectivity index (χ4v) is 1.34. The summed E-state index contributed by atoms with van der Waals surface area (Å²) in [4.78, 5) is 19.2. The van der Waals surface area contributed by atoms with Crippen molar-refractivity contribution in [2.45, 2.75) is 32.9 Å². The molecule has 0 atom stereocenters. The molecule has 0 fully saturated rings. The third-order valence-corrected chi connectivity index (χ3v) is 2.14. The number of hydrogen-bond acceptors (Lipinski definition) is 5. The van der Waals surface area contributed by atoms with Gasteiger partial charge < -0.3 is 15.4 Å². The van der Waals surface area contributed by atoms with E-state index in [-0.39, 0.29) is 0 Å². The summed E-state index contributed by atoms with van der Waals surface area (Å²) in [6.45, 7) is 7.37. The number of carbonyl (C=O) groups is 1. The molecule has 1 rings (SSSR count). The summed E-state index contributed by atoms with van der Waals surface area (Å²) >= 11 is 0. The molecule has 0 bridgehead atoms. The fourth-order valence-electron chi connectivity index (χ4n) is 1.34. The molecule has 0 aliphatic carbocycles. The molecule has 1 aromatic rings. The summed E-state index contributed by atoms with van der Waals surface area (Å²) in [5.41, 5.74) is 0.570. The lowest BCUT2D eigenvalue weighted by atomic mass is 10.2. The summed E-state index contributed by atoms with van der Waals surface area (Å²) in [5.74, 6) is 0. The zero-order valence-corrected chi connectivity index (χ0v) is 12.2. The molecule has 6 nitrogen and oxygen atoms in total. The Morgan fingerprint density at radius 1 is 1.25 bits per heavy atom. The summed E-state index contributed by atoms with van der Waals surface area (Å²) < 4.78 is 5.11. The van der Waals surface area contributed by atoms with Crippen molar-refractivity contribution in [3.63, 3.8) is 0 Å². The first kappa shape index (κ1) is 16.1. The molecule has 2 N–H and O–H groups in total. The second-order valence-corrected chi connectivity index (χ2v) is 5.23. The van der Waals surface area contributed by atoms with Crippen molar-refractivity contribution in [2.75, 3.05) is 13.1 Å². The SMILES string of the molecule is CC(C)(C)OC(=O)NC/C=C/CNCc1cncnc1. The Hall–Kier alpha value is -1.95. The molecule has 0 unspecified atom stereocenters. The van der Waals surface area contributed by atoms with Crippen LogP contribution >= 0.6 is 0 Å². The number of hydrogen-bond donors (Lipinski definition) is 2. The van der Waals surface area contributed by atoms with E-state index in [4.69, 9.17) is 4.74 Å². The molecule has 20 heavy (non-hydrogen) atoms. The van der Waals surface area contributed by atoms with Crippen molar-refractivity contribution in [3.8, 4) is 0 Å². The number of nitrogens with zero attached hydrogens (tertiary/aromatic N) is 2. The van der Waals surface area contributed by atoms with Crippen LogP contribution in [0.25, 0.3) is 0 Å². The number of aromatic nitrogens is 2. The van der Waals surface area contributed by atoms with Crippen LogP contribution in [0.1, 0.15) is 26.3 Å². The highest BCUT2D eigenvalue weighted by atomic mass is 16.6. The van der Waals surface area contributed by atoms with E-state index in [2.05, 4.69) is 20.6 Å². The third kappa shape index (κ3) is 8.20. The summed E-state index contributed by atoms with van der Waals surface area (Å²) in [7, 11) is 0. The topological polar surface area (TPSA) is 76.1 Å². The minimum atomic E-state index is -0.465. The molecule has 0 saturated heterocycles. The first-order valence-electron chi connectivity index (χ1n) is 6.54. The predicted octanol–water partition coefficient (Wildman–Crippen LogP) is 1.65. The van der Waals surface area contributed by atoms with E-state index in [9.17, 15) is 4.79 Å². The zero-order valence-electron chi connectivity index (χ0n) is 12.2. The van der Waals surface area contributed by atoms with E-state index >= 15 is 0 Å². The minimum absolute atomic E-state index is 0.406. The smallest absolute Gasteiger partial charge is 0.407 e. The number of alkyl carbamates (subject to hydrolysis) is 1. The van der Waals surface area contributed by atoms with Crippen LogP contribution in [0.3, 0.4) is 0 Å². The normalized spacial score (nSPS) is 11.6. The largest absolute Gasteiger partial charge is 0.444 e. The first-order chi connectivity index (χ1) is 9.47. The van der Waals surface area contributed by atoms with E-state index < -0.39 is 11.7 Å². The monoisotopic (exact) mass is 278 g/mol. The van der Waals surface area contributed by atoms with Gasteiger partial charge in [0.25, 0.3) is 0 Å². The quantitative estimate of drug-likeness (QED) is 0.611. The van der Waals surface area contributed by atoms with Gasteiger partial charge in [-0.05, 0) is 20.8 Å². The Bertz CT molecular complexity index is 427. The van der Waals surface area contributed by atoms with Gasteiger partial charge in [0.15, 0.2) is 0 Å². The highest BCUT2D eigenvalue weighted by Crippen LogP contribution is 2.05. The molecular formula is C14H22N4O2. The van der Waals surface area contributed by atoms with Gasteiger partial charge in [-0.15, -0.1) is 0 Å². The van der Waals surface area contributed by atoms with Crippen molar-refractivity contribution >= 4 is 6.09 Å². The maximum atomic E-state index is 11.3. The van der Waals surface area contributed by atoms with Crippen LogP contribution in [0, 0.1) is 0 Å². The second kappa shape index (κ2) is 8.27. The standard InChI is InChI=1S/C14H22N4O2/c1-14(2,3)20-13(19)18-7-5-4-6-15-8-12-9-16-11-17-10-12/h4-5,9-11,15H,6-8H2,1-3H3,(H,18,19)/b5-4+. The Morgan fingerprint density at radius 3 is 2.55 bits per heavy atom. The van der Waals surface area contributed by atoms with Crippen LogP contribution < -0.4 is 10.6 Å². The van der Waals surface area contributed by atoms with Crippen molar-refractivity contribution in [3.05, 3.63) is 36.4 Å². The summed E-state index contributed by atoms with van der Waals surface area (Å²) in [6.07, 6.45) is 8.46. The Labute approximate surface area is 119 Å². The molecule has 0 saturated carbocycles. The van der Waals surface area contributed by atoms with Gasteiger partial charge in [-0.2, -0.15) is 0 Å². The maximum absolute atomic E-state index is 11.3. The van der Waals surface area contributed by atoms with E-state index in [1.54, 1.807) is 12.4 Å². The lowest BCUT2D eigenvalue weighted by Gasteiger charge is -2.19. The second-order valence-electron chi connectivity index (χ2n) is 5.23. The molecule has 0 aromatic carbocycles. The van der Waals surface area contributed by atoms with Gasteiger partial charge in [0, 0.05) is 37.6 Å². The van der Waals surface area contributed by atoms with Crippen LogP contribution in [0.2, 0.25) is 0 Å². The molecule has 1 heterocycles. The maximum Gasteiger partial charge on any atom is 0.407 e. The zero-order chi connectivity index (χ0) is 14.8. The number of carbonyl (C=O) groups excluding carboxylic acids is 1.